The first-order valence-corrected chi connectivity index (χ1v) is 12.3. The average molecular weight is 600 g/mol. The van der Waals surface area contributed by atoms with Crippen molar-refractivity contribution in [2.75, 3.05) is 0 Å². The molecule has 0 spiro atoms. The number of hydrazine groups is 1. The Balaban J connectivity index is 1.70. The first kappa shape index (κ1) is 23.8. The van der Waals surface area contributed by atoms with Gasteiger partial charge in [0.25, 0.3) is 23.4 Å². The Kier molecular flexibility index (Phi) is 6.88. The van der Waals surface area contributed by atoms with Crippen LogP contribution in [0.2, 0.25) is 5.02 Å². The van der Waals surface area contributed by atoms with E-state index in [1.807, 2.05) is 0 Å². The Labute approximate surface area is 211 Å². The summed E-state index contributed by atoms with van der Waals surface area (Å²) in [6, 6.07) is 11.8. The van der Waals surface area contributed by atoms with Crippen LogP contribution in [-0.4, -0.2) is 42.3 Å². The van der Waals surface area contributed by atoms with Gasteiger partial charge in [-0.1, -0.05) is 55.6 Å². The Morgan fingerprint density at radius 3 is 2.00 bits per heavy atom. The smallest absolute Gasteiger partial charge is 0.272 e. The molecule has 8 nitrogen and oxygen atoms in total. The number of fused-ring (bicyclic) bond motifs is 1. The zero-order valence-electron chi connectivity index (χ0n) is 17.1. The van der Waals surface area contributed by atoms with E-state index in [1.165, 1.54) is 24.3 Å². The van der Waals surface area contributed by atoms with Crippen molar-refractivity contribution in [3.8, 4) is 0 Å². The Morgan fingerprint density at radius 1 is 1.00 bits per heavy atom. The third-order valence-electron chi connectivity index (χ3n) is 5.93. The molecule has 0 radical (unpaired) electrons. The van der Waals surface area contributed by atoms with Gasteiger partial charge in [0.05, 0.1) is 23.3 Å². The summed E-state index contributed by atoms with van der Waals surface area (Å²) < 4.78 is 0. The molecule has 33 heavy (non-hydrogen) atoms. The number of hydrogen-bond acceptors (Lipinski definition) is 5. The normalized spacial score (nSPS) is 24.5. The number of amides is 3. The highest BCUT2D eigenvalue weighted by Crippen LogP contribution is 2.44. The van der Waals surface area contributed by atoms with Gasteiger partial charge in [0, 0.05) is 32.4 Å². The fourth-order valence-corrected chi connectivity index (χ4v) is 5.55. The van der Waals surface area contributed by atoms with Crippen molar-refractivity contribution >= 4 is 66.9 Å². The number of benzene rings is 2. The second-order valence-corrected chi connectivity index (χ2v) is 10.8. The average Bonchev–Trinajstić information content (AvgIpc) is 3.02. The molecule has 0 bridgehead atoms. The third-order valence-corrected chi connectivity index (χ3v) is 8.92. The van der Waals surface area contributed by atoms with Gasteiger partial charge in [-0.25, -0.2) is 5.01 Å². The lowest BCUT2D eigenvalue weighted by Crippen LogP contribution is -2.49. The minimum atomic E-state index is -0.606. The van der Waals surface area contributed by atoms with E-state index in [9.17, 15) is 24.5 Å². The summed E-state index contributed by atoms with van der Waals surface area (Å²) in [5.74, 6) is -2.48. The van der Waals surface area contributed by atoms with E-state index in [-0.39, 0.29) is 27.4 Å². The molecule has 172 valence electrons. The molecule has 3 amide bonds. The lowest BCUT2D eigenvalue weighted by atomic mass is 9.81. The van der Waals surface area contributed by atoms with Crippen molar-refractivity contribution in [1.82, 2.24) is 10.0 Å². The van der Waals surface area contributed by atoms with E-state index >= 15 is 0 Å². The largest absolute Gasteiger partial charge is 0.273 e. The molecule has 0 aromatic heterocycles. The van der Waals surface area contributed by atoms with Gasteiger partial charge < -0.3 is 0 Å². The van der Waals surface area contributed by atoms with Crippen molar-refractivity contribution in [2.45, 2.75) is 29.0 Å². The fraction of sp³-hybridized carbons (Fsp3) is 0.318. The molecule has 2 aromatic carbocycles. The van der Waals surface area contributed by atoms with Gasteiger partial charge in [-0.15, -0.1) is 0 Å². The minimum Gasteiger partial charge on any atom is -0.272 e. The molecule has 4 atom stereocenters. The monoisotopic (exact) mass is 597 g/mol. The zero-order chi connectivity index (χ0) is 23.9. The highest BCUT2D eigenvalue weighted by molar-refractivity contribution is 9.12. The molecule has 1 heterocycles. The molecule has 2 aliphatic rings. The number of halogens is 3. The van der Waals surface area contributed by atoms with Gasteiger partial charge in [0.2, 0.25) is 0 Å². The van der Waals surface area contributed by atoms with Gasteiger partial charge in [-0.05, 0) is 42.7 Å². The van der Waals surface area contributed by atoms with Crippen LogP contribution in [0, 0.1) is 22.0 Å². The number of nitro groups is 1. The first-order chi connectivity index (χ1) is 15.7. The predicted octanol–water partition coefficient (Wildman–Crippen LogP) is 4.73. The number of nitro benzene ring substituents is 1. The van der Waals surface area contributed by atoms with Crippen molar-refractivity contribution < 1.29 is 19.3 Å². The summed E-state index contributed by atoms with van der Waals surface area (Å²) in [7, 11) is 0. The van der Waals surface area contributed by atoms with Crippen molar-refractivity contribution in [3.05, 3.63) is 74.8 Å². The summed E-state index contributed by atoms with van der Waals surface area (Å²) in [6.45, 7) is -0.0423. The van der Waals surface area contributed by atoms with Gasteiger partial charge >= 0.3 is 0 Å². The molecule has 0 unspecified atom stereocenters. The van der Waals surface area contributed by atoms with Crippen LogP contribution in [0.3, 0.4) is 0 Å². The summed E-state index contributed by atoms with van der Waals surface area (Å²) in [5, 5.41) is 13.6. The number of non-ortho nitro benzene ring substituents is 1. The highest BCUT2D eigenvalue weighted by atomic mass is 79.9. The summed E-state index contributed by atoms with van der Waals surface area (Å²) in [6.07, 6.45) is 0.949. The van der Waals surface area contributed by atoms with E-state index in [0.717, 1.165) is 10.0 Å². The van der Waals surface area contributed by atoms with E-state index < -0.39 is 34.5 Å². The van der Waals surface area contributed by atoms with Crippen LogP contribution < -0.4 is 0 Å². The second-order valence-electron chi connectivity index (χ2n) is 8.00. The van der Waals surface area contributed by atoms with E-state index in [0.29, 0.717) is 23.4 Å². The molecule has 1 aliphatic carbocycles. The second kappa shape index (κ2) is 9.52. The van der Waals surface area contributed by atoms with Crippen LogP contribution in [0.4, 0.5) is 5.69 Å². The number of carbonyl (C=O) groups excluding carboxylic acids is 3. The maximum Gasteiger partial charge on any atom is 0.273 e. The minimum absolute atomic E-state index is 0.0329. The lowest BCUT2D eigenvalue weighted by molar-refractivity contribution is -0.384. The maximum atomic E-state index is 13.5. The molecular formula is C22H18Br2ClN3O5. The Hall–Kier alpha value is -2.30. The van der Waals surface area contributed by atoms with Gasteiger partial charge in [0.1, 0.15) is 0 Å². The van der Waals surface area contributed by atoms with Crippen LogP contribution in [0.15, 0.2) is 48.5 Å². The number of alkyl halides is 2. The number of carbonyl (C=O) groups is 3. The molecule has 4 rings (SSSR count). The van der Waals surface area contributed by atoms with Crippen LogP contribution >= 0.6 is 43.5 Å². The van der Waals surface area contributed by atoms with Crippen LogP contribution in [0.5, 0.6) is 0 Å². The first-order valence-electron chi connectivity index (χ1n) is 10.1. The SMILES string of the molecule is O=C(c1ccc([N+](=O)[O-])cc1)N(Cc1ccc(Cl)cc1)N1C(=O)[C@@H]2C[C@@H](Br)[C@@H](Br)C[C@H]2C1=O. The van der Waals surface area contributed by atoms with Crippen LogP contribution in [-0.2, 0) is 16.1 Å². The number of hydrogen-bond donors (Lipinski definition) is 0. The standard InChI is InChI=1S/C22H18Br2ClN3O5/c23-18-9-16-17(10-19(18)24)22(31)27(21(16)30)26(11-12-1-5-14(25)6-2-12)20(29)13-3-7-15(8-4-13)28(32)33/h1-8,16-19H,9-11H2/t16-,17-,18-,19+/m1/s1. The number of rotatable bonds is 5. The summed E-state index contributed by atoms with van der Waals surface area (Å²) >= 11 is 13.1. The highest BCUT2D eigenvalue weighted by Gasteiger charge is 2.54. The Bertz CT molecular complexity index is 1080. The van der Waals surface area contributed by atoms with Crippen LogP contribution in [0.25, 0.3) is 0 Å². The van der Waals surface area contributed by atoms with Crippen molar-refractivity contribution in [2.24, 2.45) is 11.8 Å². The number of imide groups is 1. The molecule has 2 fully saturated rings. The molecule has 1 saturated heterocycles. The Morgan fingerprint density at radius 2 is 1.52 bits per heavy atom. The topological polar surface area (TPSA) is 101 Å². The fourth-order valence-electron chi connectivity index (χ4n) is 4.19. The molecular weight excluding hydrogens is 582 g/mol. The summed E-state index contributed by atoms with van der Waals surface area (Å²) in [4.78, 5) is 50.6. The molecule has 1 aliphatic heterocycles. The summed E-state index contributed by atoms with van der Waals surface area (Å²) in [5.41, 5.74) is 0.630. The van der Waals surface area contributed by atoms with E-state index in [4.69, 9.17) is 11.6 Å². The predicted molar refractivity (Wildman–Crippen MR) is 128 cm³/mol. The van der Waals surface area contributed by atoms with Crippen molar-refractivity contribution in [1.29, 1.82) is 0 Å². The maximum absolute atomic E-state index is 13.5. The molecule has 0 N–H and O–H groups in total. The van der Waals surface area contributed by atoms with E-state index in [1.54, 1.807) is 24.3 Å². The third kappa shape index (κ3) is 4.69. The van der Waals surface area contributed by atoms with E-state index in [2.05, 4.69) is 31.9 Å². The lowest BCUT2D eigenvalue weighted by Gasteiger charge is -2.30. The number of nitrogens with zero attached hydrogens (tertiary/aromatic N) is 3. The van der Waals surface area contributed by atoms with Crippen LogP contribution in [0.1, 0.15) is 28.8 Å². The van der Waals surface area contributed by atoms with Gasteiger partial charge in [-0.2, -0.15) is 5.01 Å². The van der Waals surface area contributed by atoms with Gasteiger partial charge in [0.15, 0.2) is 0 Å². The van der Waals surface area contributed by atoms with Gasteiger partial charge in [-0.3, -0.25) is 24.5 Å². The molecule has 11 heteroatoms. The zero-order valence-corrected chi connectivity index (χ0v) is 21.0. The van der Waals surface area contributed by atoms with Crippen molar-refractivity contribution in [3.63, 3.8) is 0 Å². The quantitative estimate of drug-likeness (QED) is 0.214. The molecule has 2 aromatic rings. The molecule has 1 saturated carbocycles.